The number of hydrogen-bond donors (Lipinski definition) is 1. The molecule has 25 heavy (non-hydrogen) atoms. The maximum absolute atomic E-state index is 11.9. The number of ether oxygens (including phenoxy) is 3. The first-order valence-electron chi connectivity index (χ1n) is 7.93. The quantitative estimate of drug-likeness (QED) is 0.720. The molecule has 0 bridgehead atoms. The number of methoxy groups -OCH3 is 1. The highest BCUT2D eigenvalue weighted by Gasteiger charge is 2.22. The van der Waals surface area contributed by atoms with E-state index >= 15 is 0 Å². The molecule has 132 valence electrons. The van der Waals surface area contributed by atoms with Crippen molar-refractivity contribution in [3.63, 3.8) is 0 Å². The van der Waals surface area contributed by atoms with Crippen LogP contribution < -0.4 is 14.2 Å². The Labute approximate surface area is 147 Å². The number of para-hydroxylation sites is 1. The standard InChI is InChI=1S/C20H22O5/c1-5-10-24-14-11-16(20(21)22)19(18(12-14)25-13(2)3)15-8-6-7-9-17(15)23-4/h5-9,11-13H,1,10H2,2-4H3,(H,21,22). The Balaban J connectivity index is 2.73. The Morgan fingerprint density at radius 1 is 1.24 bits per heavy atom. The average molecular weight is 342 g/mol. The van der Waals surface area contributed by atoms with Crippen molar-refractivity contribution in [3.8, 4) is 28.4 Å². The fraction of sp³-hybridized carbons (Fsp3) is 0.250. The summed E-state index contributed by atoms with van der Waals surface area (Å²) in [6.07, 6.45) is 1.46. The van der Waals surface area contributed by atoms with Crippen LogP contribution in [0.15, 0.2) is 49.1 Å². The second-order valence-corrected chi connectivity index (χ2v) is 5.62. The van der Waals surface area contributed by atoms with Crippen molar-refractivity contribution in [3.05, 3.63) is 54.6 Å². The molecule has 1 N–H and O–H groups in total. The molecule has 0 aliphatic heterocycles. The van der Waals surface area contributed by atoms with E-state index in [-0.39, 0.29) is 18.3 Å². The predicted molar refractivity (Wildman–Crippen MR) is 96.8 cm³/mol. The first-order chi connectivity index (χ1) is 12.0. The number of rotatable bonds is 8. The monoisotopic (exact) mass is 342 g/mol. The van der Waals surface area contributed by atoms with Crippen molar-refractivity contribution in [1.29, 1.82) is 0 Å². The third-order valence-electron chi connectivity index (χ3n) is 3.41. The zero-order valence-electron chi connectivity index (χ0n) is 14.6. The summed E-state index contributed by atoms with van der Waals surface area (Å²) in [4.78, 5) is 11.9. The van der Waals surface area contributed by atoms with Crippen molar-refractivity contribution in [2.45, 2.75) is 20.0 Å². The molecule has 0 heterocycles. The molecule has 0 atom stereocenters. The van der Waals surface area contributed by atoms with Crippen LogP contribution in [0.5, 0.6) is 17.2 Å². The molecular formula is C20H22O5. The van der Waals surface area contributed by atoms with Crippen LogP contribution in [-0.2, 0) is 0 Å². The molecule has 2 rings (SSSR count). The summed E-state index contributed by atoms with van der Waals surface area (Å²) in [6, 6.07) is 10.4. The highest BCUT2D eigenvalue weighted by Crippen LogP contribution is 2.41. The Kier molecular flexibility index (Phi) is 6.06. The first kappa shape index (κ1) is 18.4. The van der Waals surface area contributed by atoms with Crippen LogP contribution in [0.1, 0.15) is 24.2 Å². The lowest BCUT2D eigenvalue weighted by Gasteiger charge is -2.19. The van der Waals surface area contributed by atoms with E-state index in [0.717, 1.165) is 0 Å². The lowest BCUT2D eigenvalue weighted by atomic mass is 9.97. The van der Waals surface area contributed by atoms with Crippen molar-refractivity contribution < 1.29 is 24.1 Å². The molecule has 5 heteroatoms. The van der Waals surface area contributed by atoms with Crippen LogP contribution in [-0.4, -0.2) is 30.9 Å². The molecule has 0 aromatic heterocycles. The molecular weight excluding hydrogens is 320 g/mol. The second kappa shape index (κ2) is 8.24. The van der Waals surface area contributed by atoms with Crippen molar-refractivity contribution in [1.82, 2.24) is 0 Å². The third kappa shape index (κ3) is 4.32. The van der Waals surface area contributed by atoms with E-state index in [1.165, 1.54) is 6.07 Å². The maximum Gasteiger partial charge on any atom is 0.336 e. The molecule has 2 aromatic carbocycles. The molecule has 0 aliphatic carbocycles. The van der Waals surface area contributed by atoms with Gasteiger partial charge >= 0.3 is 5.97 Å². The van der Waals surface area contributed by atoms with Gasteiger partial charge in [-0.05, 0) is 26.0 Å². The van der Waals surface area contributed by atoms with Gasteiger partial charge in [-0.3, -0.25) is 0 Å². The number of benzene rings is 2. The van der Waals surface area contributed by atoms with Crippen LogP contribution in [0.25, 0.3) is 11.1 Å². The minimum atomic E-state index is -1.07. The van der Waals surface area contributed by atoms with Crippen LogP contribution in [0.4, 0.5) is 0 Å². The summed E-state index contributed by atoms with van der Waals surface area (Å²) in [7, 11) is 1.55. The fourth-order valence-corrected chi connectivity index (χ4v) is 2.47. The summed E-state index contributed by atoms with van der Waals surface area (Å²) in [5.41, 5.74) is 1.19. The van der Waals surface area contributed by atoms with Crippen LogP contribution in [0, 0.1) is 0 Å². The number of carbonyl (C=O) groups is 1. The second-order valence-electron chi connectivity index (χ2n) is 5.62. The Morgan fingerprint density at radius 3 is 2.56 bits per heavy atom. The SMILES string of the molecule is C=CCOc1cc(OC(C)C)c(-c2ccccc2OC)c(C(=O)O)c1. The first-order valence-corrected chi connectivity index (χ1v) is 7.93. The summed E-state index contributed by atoms with van der Waals surface area (Å²) >= 11 is 0. The number of hydrogen-bond acceptors (Lipinski definition) is 4. The summed E-state index contributed by atoms with van der Waals surface area (Å²) < 4.78 is 16.8. The van der Waals surface area contributed by atoms with Gasteiger partial charge in [0, 0.05) is 17.2 Å². The van der Waals surface area contributed by atoms with Gasteiger partial charge in [-0.2, -0.15) is 0 Å². The molecule has 0 aliphatic rings. The number of carboxylic acid groups (broad SMARTS) is 1. The van der Waals surface area contributed by atoms with Gasteiger partial charge in [-0.15, -0.1) is 0 Å². The van der Waals surface area contributed by atoms with E-state index in [9.17, 15) is 9.90 Å². The van der Waals surface area contributed by atoms with Crippen LogP contribution in [0.3, 0.4) is 0 Å². The van der Waals surface area contributed by atoms with E-state index in [0.29, 0.717) is 28.4 Å². The van der Waals surface area contributed by atoms with E-state index < -0.39 is 5.97 Å². The van der Waals surface area contributed by atoms with Crippen LogP contribution in [0.2, 0.25) is 0 Å². The van der Waals surface area contributed by atoms with Gasteiger partial charge in [0.15, 0.2) is 0 Å². The van der Waals surface area contributed by atoms with E-state index in [1.807, 2.05) is 26.0 Å². The van der Waals surface area contributed by atoms with E-state index in [1.54, 1.807) is 31.4 Å². The van der Waals surface area contributed by atoms with Crippen molar-refractivity contribution in [2.75, 3.05) is 13.7 Å². The largest absolute Gasteiger partial charge is 0.496 e. The summed E-state index contributed by atoms with van der Waals surface area (Å²) in [5.74, 6) is 0.335. The number of aromatic carboxylic acids is 1. The molecule has 0 saturated heterocycles. The normalized spacial score (nSPS) is 10.4. The summed E-state index contributed by atoms with van der Waals surface area (Å²) in [6.45, 7) is 7.63. The van der Waals surface area contributed by atoms with Gasteiger partial charge in [0.05, 0.1) is 18.8 Å². The van der Waals surface area contributed by atoms with Crippen LogP contribution >= 0.6 is 0 Å². The number of carboxylic acids is 1. The van der Waals surface area contributed by atoms with Crippen molar-refractivity contribution >= 4 is 5.97 Å². The highest BCUT2D eigenvalue weighted by atomic mass is 16.5. The average Bonchev–Trinajstić information content (AvgIpc) is 2.59. The van der Waals surface area contributed by atoms with Crippen molar-refractivity contribution in [2.24, 2.45) is 0 Å². The highest BCUT2D eigenvalue weighted by molar-refractivity contribution is 5.99. The summed E-state index contributed by atoms with van der Waals surface area (Å²) in [5, 5.41) is 9.73. The maximum atomic E-state index is 11.9. The van der Waals surface area contributed by atoms with Gasteiger partial charge in [0.25, 0.3) is 0 Å². The van der Waals surface area contributed by atoms with Gasteiger partial charge in [0.1, 0.15) is 23.9 Å². The Hall–Kier alpha value is -2.95. The fourth-order valence-electron chi connectivity index (χ4n) is 2.47. The topological polar surface area (TPSA) is 65.0 Å². The lowest BCUT2D eigenvalue weighted by Crippen LogP contribution is -2.10. The Bertz CT molecular complexity index is 765. The van der Waals surface area contributed by atoms with Gasteiger partial charge in [0.2, 0.25) is 0 Å². The van der Waals surface area contributed by atoms with Gasteiger partial charge < -0.3 is 19.3 Å². The van der Waals surface area contributed by atoms with E-state index in [4.69, 9.17) is 14.2 Å². The Morgan fingerprint density at radius 2 is 1.96 bits per heavy atom. The molecule has 0 radical (unpaired) electrons. The lowest BCUT2D eigenvalue weighted by molar-refractivity contribution is 0.0696. The molecule has 0 fully saturated rings. The molecule has 0 saturated carbocycles. The third-order valence-corrected chi connectivity index (χ3v) is 3.41. The van der Waals surface area contributed by atoms with Gasteiger partial charge in [-0.25, -0.2) is 4.79 Å². The molecule has 0 unspecified atom stereocenters. The van der Waals surface area contributed by atoms with Gasteiger partial charge in [-0.1, -0.05) is 30.9 Å². The molecule has 5 nitrogen and oxygen atoms in total. The minimum absolute atomic E-state index is 0.0849. The minimum Gasteiger partial charge on any atom is -0.496 e. The van der Waals surface area contributed by atoms with E-state index in [2.05, 4.69) is 6.58 Å². The molecule has 0 amide bonds. The molecule has 0 spiro atoms. The zero-order chi connectivity index (χ0) is 18.4. The zero-order valence-corrected chi connectivity index (χ0v) is 14.6. The predicted octanol–water partition coefficient (Wildman–Crippen LogP) is 4.41. The molecule has 2 aromatic rings. The smallest absolute Gasteiger partial charge is 0.336 e.